The Morgan fingerprint density at radius 3 is 2.89 bits per heavy atom. The lowest BCUT2D eigenvalue weighted by Gasteiger charge is -2.44. The van der Waals surface area contributed by atoms with Crippen molar-refractivity contribution in [3.05, 3.63) is 29.0 Å². The number of nitrogens with zero attached hydrogens (tertiary/aromatic N) is 2. The highest BCUT2D eigenvalue weighted by atomic mass is 35.5. The molecular weight excluding hydrogens is 260 g/mol. The number of pyridine rings is 1. The Labute approximate surface area is 119 Å². The second-order valence-electron chi connectivity index (χ2n) is 5.62. The smallest absolute Gasteiger partial charge is 0.254 e. The predicted molar refractivity (Wildman–Crippen MR) is 75.3 cm³/mol. The molecule has 3 nitrogen and oxygen atoms in total. The van der Waals surface area contributed by atoms with Gasteiger partial charge >= 0.3 is 0 Å². The van der Waals surface area contributed by atoms with Gasteiger partial charge in [-0.25, -0.2) is 4.98 Å². The molecule has 0 unspecified atom stereocenters. The number of fused-ring (bicyclic) bond motifs is 1. The van der Waals surface area contributed by atoms with Gasteiger partial charge in [0.15, 0.2) is 0 Å². The third-order valence-corrected chi connectivity index (χ3v) is 4.68. The molecule has 2 fully saturated rings. The number of carbonyl (C=O) groups excluding carboxylic acids is 1. The molecule has 2 aliphatic rings. The van der Waals surface area contributed by atoms with Crippen molar-refractivity contribution in [2.75, 3.05) is 6.54 Å². The molecular formula is C15H19ClN2O. The molecule has 3 rings (SSSR count). The van der Waals surface area contributed by atoms with Crippen LogP contribution in [0.1, 0.15) is 48.9 Å². The van der Waals surface area contributed by atoms with Gasteiger partial charge in [-0.15, -0.1) is 0 Å². The molecule has 0 spiro atoms. The van der Waals surface area contributed by atoms with Crippen LogP contribution in [0.3, 0.4) is 0 Å². The van der Waals surface area contributed by atoms with Crippen molar-refractivity contribution in [3.63, 3.8) is 0 Å². The van der Waals surface area contributed by atoms with E-state index in [1.54, 1.807) is 18.3 Å². The minimum absolute atomic E-state index is 0.126. The van der Waals surface area contributed by atoms with E-state index in [2.05, 4.69) is 9.88 Å². The van der Waals surface area contributed by atoms with Gasteiger partial charge in [-0.05, 0) is 43.7 Å². The molecule has 0 radical (unpaired) electrons. The van der Waals surface area contributed by atoms with Crippen molar-refractivity contribution < 1.29 is 4.79 Å². The number of rotatable bonds is 1. The molecule has 0 bridgehead atoms. The van der Waals surface area contributed by atoms with Crippen molar-refractivity contribution in [1.82, 2.24) is 9.88 Å². The molecule has 0 aromatic carbocycles. The maximum atomic E-state index is 12.6. The van der Waals surface area contributed by atoms with E-state index in [1.165, 1.54) is 25.7 Å². The third kappa shape index (κ3) is 2.62. The molecule has 1 amide bonds. The van der Waals surface area contributed by atoms with E-state index in [-0.39, 0.29) is 5.91 Å². The van der Waals surface area contributed by atoms with Crippen LogP contribution in [0.25, 0.3) is 0 Å². The number of likely N-dealkylation sites (tertiary alicyclic amines) is 1. The summed E-state index contributed by atoms with van der Waals surface area (Å²) in [6.45, 7) is 0.889. The van der Waals surface area contributed by atoms with E-state index in [9.17, 15) is 4.79 Å². The fourth-order valence-corrected chi connectivity index (χ4v) is 3.75. The van der Waals surface area contributed by atoms with Crippen LogP contribution in [0.5, 0.6) is 0 Å². The van der Waals surface area contributed by atoms with Crippen molar-refractivity contribution >= 4 is 17.5 Å². The highest BCUT2D eigenvalue weighted by Gasteiger charge is 2.35. The van der Waals surface area contributed by atoms with Crippen LogP contribution >= 0.6 is 11.6 Å². The quantitative estimate of drug-likeness (QED) is 0.736. The number of aromatic nitrogens is 1. The molecule has 1 saturated carbocycles. The molecule has 1 aliphatic heterocycles. The van der Waals surface area contributed by atoms with Crippen LogP contribution in [-0.2, 0) is 0 Å². The van der Waals surface area contributed by atoms with Gasteiger partial charge in [-0.2, -0.15) is 0 Å². The second kappa shape index (κ2) is 5.49. The lowest BCUT2D eigenvalue weighted by atomic mass is 9.78. The number of halogens is 1. The van der Waals surface area contributed by atoms with E-state index in [0.29, 0.717) is 22.7 Å². The Morgan fingerprint density at radius 1 is 1.26 bits per heavy atom. The number of hydrogen-bond acceptors (Lipinski definition) is 2. The summed E-state index contributed by atoms with van der Waals surface area (Å²) in [5, 5.41) is 0.392. The van der Waals surface area contributed by atoms with Crippen LogP contribution in [0.15, 0.2) is 18.3 Å². The lowest BCUT2D eigenvalue weighted by Crippen LogP contribution is -2.49. The van der Waals surface area contributed by atoms with Crippen LogP contribution < -0.4 is 0 Å². The summed E-state index contributed by atoms with van der Waals surface area (Å²) in [4.78, 5) is 18.7. The summed E-state index contributed by atoms with van der Waals surface area (Å²) in [7, 11) is 0. The van der Waals surface area contributed by atoms with Crippen LogP contribution in [-0.4, -0.2) is 28.4 Å². The summed E-state index contributed by atoms with van der Waals surface area (Å²) < 4.78 is 0. The number of amides is 1. The van der Waals surface area contributed by atoms with Gasteiger partial charge in [0.25, 0.3) is 5.91 Å². The molecule has 1 aromatic heterocycles. The number of piperidine rings is 1. The van der Waals surface area contributed by atoms with Gasteiger partial charge in [-0.1, -0.05) is 24.4 Å². The monoisotopic (exact) mass is 278 g/mol. The maximum absolute atomic E-state index is 12.6. The van der Waals surface area contributed by atoms with Crippen molar-refractivity contribution in [3.8, 4) is 0 Å². The summed E-state index contributed by atoms with van der Waals surface area (Å²) in [6.07, 6.45) is 9.04. The van der Waals surface area contributed by atoms with Crippen LogP contribution in [0.2, 0.25) is 5.15 Å². The second-order valence-corrected chi connectivity index (χ2v) is 6.01. The van der Waals surface area contributed by atoms with E-state index in [4.69, 9.17) is 11.6 Å². The highest BCUT2D eigenvalue weighted by Crippen LogP contribution is 2.35. The first-order valence-corrected chi connectivity index (χ1v) is 7.56. The Bertz CT molecular complexity index is 475. The predicted octanol–water partition coefficient (Wildman–Crippen LogP) is 3.53. The molecule has 4 heteroatoms. The van der Waals surface area contributed by atoms with Gasteiger partial charge in [0.05, 0.1) is 0 Å². The SMILES string of the molecule is O=C(c1ccnc(Cl)c1)N1CCC[C@H]2CCCC[C@H]21. The molecule has 0 N–H and O–H groups in total. The minimum Gasteiger partial charge on any atom is -0.335 e. The molecule has 102 valence electrons. The standard InChI is InChI=1S/C15H19ClN2O/c16-14-10-12(7-8-17-14)15(19)18-9-3-5-11-4-1-2-6-13(11)18/h7-8,10-11,13H,1-6,9H2/t11-,13-/m1/s1. The van der Waals surface area contributed by atoms with Gasteiger partial charge < -0.3 is 4.90 Å². The first-order valence-electron chi connectivity index (χ1n) is 7.18. The maximum Gasteiger partial charge on any atom is 0.254 e. The van der Waals surface area contributed by atoms with Gasteiger partial charge in [0.2, 0.25) is 0 Å². The molecule has 1 saturated heterocycles. The highest BCUT2D eigenvalue weighted by molar-refractivity contribution is 6.29. The number of carbonyl (C=O) groups is 1. The van der Waals surface area contributed by atoms with Crippen LogP contribution in [0, 0.1) is 5.92 Å². The first-order chi connectivity index (χ1) is 9.25. The molecule has 1 aromatic rings. The fourth-order valence-electron chi connectivity index (χ4n) is 3.58. The minimum atomic E-state index is 0.126. The molecule has 19 heavy (non-hydrogen) atoms. The van der Waals surface area contributed by atoms with E-state index in [1.807, 2.05) is 0 Å². The molecule has 2 atom stereocenters. The van der Waals surface area contributed by atoms with Gasteiger partial charge in [0, 0.05) is 24.3 Å². The van der Waals surface area contributed by atoms with E-state index < -0.39 is 0 Å². The summed E-state index contributed by atoms with van der Waals surface area (Å²) in [5.74, 6) is 0.838. The van der Waals surface area contributed by atoms with Crippen molar-refractivity contribution in [2.45, 2.75) is 44.6 Å². The van der Waals surface area contributed by atoms with E-state index in [0.717, 1.165) is 19.4 Å². The van der Waals surface area contributed by atoms with Crippen molar-refractivity contribution in [1.29, 1.82) is 0 Å². The average molecular weight is 279 g/mol. The normalized spacial score (nSPS) is 26.9. The van der Waals surface area contributed by atoms with Crippen molar-refractivity contribution in [2.24, 2.45) is 5.92 Å². The topological polar surface area (TPSA) is 33.2 Å². The largest absolute Gasteiger partial charge is 0.335 e. The zero-order valence-corrected chi connectivity index (χ0v) is 11.8. The van der Waals surface area contributed by atoms with Gasteiger partial charge in [0.1, 0.15) is 5.15 Å². The summed E-state index contributed by atoms with van der Waals surface area (Å²) in [6, 6.07) is 3.89. The Balaban J connectivity index is 1.82. The Hall–Kier alpha value is -1.09. The zero-order valence-electron chi connectivity index (χ0n) is 11.0. The zero-order chi connectivity index (χ0) is 13.2. The Kier molecular flexibility index (Phi) is 3.74. The summed E-state index contributed by atoms with van der Waals surface area (Å²) >= 11 is 5.88. The third-order valence-electron chi connectivity index (χ3n) is 4.48. The number of hydrogen-bond donors (Lipinski definition) is 0. The van der Waals surface area contributed by atoms with Crippen LogP contribution in [0.4, 0.5) is 0 Å². The fraction of sp³-hybridized carbons (Fsp3) is 0.600. The average Bonchev–Trinajstić information content (AvgIpc) is 2.46. The Morgan fingerprint density at radius 2 is 2.05 bits per heavy atom. The van der Waals surface area contributed by atoms with Gasteiger partial charge in [-0.3, -0.25) is 4.79 Å². The van der Waals surface area contributed by atoms with E-state index >= 15 is 0 Å². The summed E-state index contributed by atoms with van der Waals surface area (Å²) in [5.41, 5.74) is 0.672. The first kappa shape index (κ1) is 12.9. The molecule has 1 aliphatic carbocycles. The molecule has 2 heterocycles. The lowest BCUT2D eigenvalue weighted by molar-refractivity contribution is 0.0390.